The van der Waals surface area contributed by atoms with Crippen molar-refractivity contribution >= 4 is 11.3 Å². The fourth-order valence-electron chi connectivity index (χ4n) is 2.15. The minimum atomic E-state index is -0.575. The molecule has 14 heavy (non-hydrogen) atoms. The largest absolute Gasteiger partial charge is 0.390 e. The summed E-state index contributed by atoms with van der Waals surface area (Å²) < 4.78 is 0. The van der Waals surface area contributed by atoms with Crippen molar-refractivity contribution in [3.05, 3.63) is 16.6 Å². The van der Waals surface area contributed by atoms with Gasteiger partial charge in [0, 0.05) is 18.0 Å². The first kappa shape index (κ1) is 10.1. The molecule has 0 aromatic carbocycles. The van der Waals surface area contributed by atoms with Crippen molar-refractivity contribution in [3.8, 4) is 0 Å². The predicted octanol–water partition coefficient (Wildman–Crippen LogP) is 1.06. The summed E-state index contributed by atoms with van der Waals surface area (Å²) in [6, 6.07) is 0. The Kier molecular flexibility index (Phi) is 2.85. The average Bonchev–Trinajstić information content (AvgIpc) is 2.73. The Morgan fingerprint density at radius 1 is 1.50 bits per heavy atom. The van der Waals surface area contributed by atoms with Gasteiger partial charge in [-0.15, -0.1) is 11.3 Å². The number of hydrogen-bond donors (Lipinski definition) is 2. The molecule has 4 heteroatoms. The summed E-state index contributed by atoms with van der Waals surface area (Å²) in [4.78, 5) is 4.19. The molecule has 2 rings (SSSR count). The van der Waals surface area contributed by atoms with Gasteiger partial charge in [-0.05, 0) is 18.3 Å². The zero-order valence-electron chi connectivity index (χ0n) is 8.13. The molecule has 1 aliphatic carbocycles. The summed E-state index contributed by atoms with van der Waals surface area (Å²) >= 11 is 1.61. The molecule has 4 atom stereocenters. The molecular formula is C10H15NO2S. The highest BCUT2D eigenvalue weighted by Crippen LogP contribution is 2.33. The summed E-state index contributed by atoms with van der Waals surface area (Å²) in [7, 11) is 0. The molecule has 1 aromatic rings. The van der Waals surface area contributed by atoms with Crippen molar-refractivity contribution in [1.29, 1.82) is 0 Å². The van der Waals surface area contributed by atoms with Gasteiger partial charge in [0.1, 0.15) is 0 Å². The summed E-state index contributed by atoms with van der Waals surface area (Å²) in [6.45, 7) is 1.98. The number of rotatable bonds is 2. The van der Waals surface area contributed by atoms with E-state index in [9.17, 15) is 10.2 Å². The maximum Gasteiger partial charge on any atom is 0.0928 e. The second-order valence-electron chi connectivity index (χ2n) is 4.08. The molecule has 0 spiro atoms. The third-order valence-electron chi connectivity index (χ3n) is 3.01. The average molecular weight is 213 g/mol. The summed E-state index contributed by atoms with van der Waals surface area (Å²) in [5, 5.41) is 22.3. The smallest absolute Gasteiger partial charge is 0.0928 e. The maximum atomic E-state index is 9.75. The monoisotopic (exact) mass is 213 g/mol. The molecule has 1 saturated carbocycles. The van der Waals surface area contributed by atoms with Gasteiger partial charge >= 0.3 is 0 Å². The number of thiazole rings is 1. The van der Waals surface area contributed by atoms with Crippen LogP contribution in [0.2, 0.25) is 0 Å². The molecule has 0 bridgehead atoms. The third-order valence-corrected chi connectivity index (χ3v) is 3.81. The fraction of sp³-hybridized carbons (Fsp3) is 0.700. The van der Waals surface area contributed by atoms with Gasteiger partial charge in [0.15, 0.2) is 0 Å². The minimum Gasteiger partial charge on any atom is -0.390 e. The first-order valence-electron chi connectivity index (χ1n) is 4.93. The summed E-state index contributed by atoms with van der Waals surface area (Å²) in [5.74, 6) is 0.376. The molecule has 78 valence electrons. The zero-order valence-corrected chi connectivity index (χ0v) is 8.94. The molecule has 1 aromatic heterocycles. The number of aromatic nitrogens is 1. The molecule has 0 amide bonds. The molecule has 0 radical (unpaired) electrons. The normalized spacial score (nSPS) is 37.6. The van der Waals surface area contributed by atoms with Crippen LogP contribution in [0.15, 0.2) is 11.6 Å². The Balaban J connectivity index is 2.00. The molecule has 2 N–H and O–H groups in total. The van der Waals surface area contributed by atoms with Gasteiger partial charge in [0.05, 0.1) is 17.2 Å². The standard InChI is InChI=1S/C10H15NO2S/c1-6-4-7(10(13)9(6)12)5-8-11-2-3-14-8/h2-3,6-7,9-10,12-13H,4-5H2,1H3/t6-,7-,9+,10-/m1/s1. The van der Waals surface area contributed by atoms with Gasteiger partial charge < -0.3 is 10.2 Å². The van der Waals surface area contributed by atoms with E-state index >= 15 is 0 Å². The van der Waals surface area contributed by atoms with E-state index in [4.69, 9.17) is 0 Å². The molecule has 0 saturated heterocycles. The van der Waals surface area contributed by atoms with Gasteiger partial charge in [-0.2, -0.15) is 0 Å². The lowest BCUT2D eigenvalue weighted by atomic mass is 10.0. The van der Waals surface area contributed by atoms with Crippen molar-refractivity contribution in [2.24, 2.45) is 11.8 Å². The van der Waals surface area contributed by atoms with E-state index in [0.29, 0.717) is 0 Å². The fourth-order valence-corrected chi connectivity index (χ4v) is 2.86. The highest BCUT2D eigenvalue weighted by atomic mass is 32.1. The van der Waals surface area contributed by atoms with E-state index in [1.807, 2.05) is 12.3 Å². The summed E-state index contributed by atoms with van der Waals surface area (Å²) in [6.07, 6.45) is 2.33. The highest BCUT2D eigenvalue weighted by Gasteiger charge is 2.38. The van der Waals surface area contributed by atoms with Gasteiger partial charge in [-0.25, -0.2) is 4.98 Å². The Hall–Kier alpha value is -0.450. The van der Waals surface area contributed by atoms with Crippen molar-refractivity contribution < 1.29 is 10.2 Å². The van der Waals surface area contributed by atoms with Crippen LogP contribution in [0.25, 0.3) is 0 Å². The Labute approximate surface area is 87.4 Å². The van der Waals surface area contributed by atoms with E-state index < -0.39 is 12.2 Å². The van der Waals surface area contributed by atoms with E-state index in [2.05, 4.69) is 4.98 Å². The van der Waals surface area contributed by atoms with E-state index in [0.717, 1.165) is 17.8 Å². The van der Waals surface area contributed by atoms with Crippen LogP contribution in [0.5, 0.6) is 0 Å². The van der Waals surface area contributed by atoms with Crippen LogP contribution in [0, 0.1) is 11.8 Å². The molecule has 0 unspecified atom stereocenters. The summed E-state index contributed by atoms with van der Waals surface area (Å²) in [5.41, 5.74) is 0. The SMILES string of the molecule is C[C@@H]1C[C@H](Cc2nccs2)[C@@H](O)[C@H]1O. The van der Waals surface area contributed by atoms with Crippen LogP contribution >= 0.6 is 11.3 Å². The van der Waals surface area contributed by atoms with Gasteiger partial charge in [-0.1, -0.05) is 6.92 Å². The maximum absolute atomic E-state index is 9.75. The third kappa shape index (κ3) is 1.82. The van der Waals surface area contributed by atoms with Crippen LogP contribution in [-0.2, 0) is 6.42 Å². The van der Waals surface area contributed by atoms with E-state index in [-0.39, 0.29) is 11.8 Å². The first-order valence-corrected chi connectivity index (χ1v) is 5.81. The van der Waals surface area contributed by atoms with Crippen LogP contribution in [0.3, 0.4) is 0 Å². The Bertz CT molecular complexity index is 288. The highest BCUT2D eigenvalue weighted by molar-refractivity contribution is 7.09. The van der Waals surface area contributed by atoms with Crippen molar-refractivity contribution in [1.82, 2.24) is 4.98 Å². The minimum absolute atomic E-state index is 0.172. The Morgan fingerprint density at radius 3 is 2.79 bits per heavy atom. The molecule has 0 aliphatic heterocycles. The lowest BCUT2D eigenvalue weighted by Gasteiger charge is -2.14. The number of aliphatic hydroxyl groups is 2. The number of aliphatic hydroxyl groups excluding tert-OH is 2. The van der Waals surface area contributed by atoms with Crippen molar-refractivity contribution in [3.63, 3.8) is 0 Å². The first-order chi connectivity index (χ1) is 6.68. The quantitative estimate of drug-likeness (QED) is 0.772. The molecule has 1 fully saturated rings. The lowest BCUT2D eigenvalue weighted by molar-refractivity contribution is 0.00689. The molecule has 1 aliphatic rings. The van der Waals surface area contributed by atoms with Gasteiger partial charge in [0.2, 0.25) is 0 Å². The van der Waals surface area contributed by atoms with Crippen LogP contribution < -0.4 is 0 Å². The zero-order chi connectivity index (χ0) is 10.1. The Morgan fingerprint density at radius 2 is 2.29 bits per heavy atom. The second kappa shape index (κ2) is 3.96. The van der Waals surface area contributed by atoms with Crippen molar-refractivity contribution in [2.45, 2.75) is 32.0 Å². The van der Waals surface area contributed by atoms with Crippen LogP contribution in [0.1, 0.15) is 18.4 Å². The van der Waals surface area contributed by atoms with Gasteiger partial charge in [0.25, 0.3) is 0 Å². The van der Waals surface area contributed by atoms with Crippen LogP contribution in [-0.4, -0.2) is 27.4 Å². The number of nitrogens with zero attached hydrogens (tertiary/aromatic N) is 1. The van der Waals surface area contributed by atoms with Crippen LogP contribution in [0.4, 0.5) is 0 Å². The van der Waals surface area contributed by atoms with Crippen molar-refractivity contribution in [2.75, 3.05) is 0 Å². The van der Waals surface area contributed by atoms with E-state index in [1.165, 1.54) is 0 Å². The van der Waals surface area contributed by atoms with Gasteiger partial charge in [-0.3, -0.25) is 0 Å². The predicted molar refractivity (Wildman–Crippen MR) is 55.1 cm³/mol. The van der Waals surface area contributed by atoms with E-state index in [1.54, 1.807) is 17.5 Å². The molecule has 3 nitrogen and oxygen atoms in total. The topological polar surface area (TPSA) is 53.4 Å². The molecule has 1 heterocycles. The molecular weight excluding hydrogens is 198 g/mol. The second-order valence-corrected chi connectivity index (χ2v) is 5.06. The number of hydrogen-bond acceptors (Lipinski definition) is 4. The lowest BCUT2D eigenvalue weighted by Crippen LogP contribution is -2.28.